The van der Waals surface area contributed by atoms with Crippen LogP contribution in [0.4, 0.5) is 5.69 Å². The minimum atomic E-state index is -0.226. The van der Waals surface area contributed by atoms with Crippen molar-refractivity contribution in [3.05, 3.63) is 60.2 Å². The first kappa shape index (κ1) is 20.7. The van der Waals surface area contributed by atoms with Crippen molar-refractivity contribution in [2.45, 2.75) is 39.0 Å². The van der Waals surface area contributed by atoms with E-state index in [4.69, 9.17) is 15.2 Å². The van der Waals surface area contributed by atoms with Gasteiger partial charge >= 0.3 is 5.97 Å². The van der Waals surface area contributed by atoms with Gasteiger partial charge in [0.2, 0.25) is 0 Å². The molecule has 0 amide bonds. The van der Waals surface area contributed by atoms with Crippen molar-refractivity contribution in [1.82, 2.24) is 0 Å². The second-order valence-corrected chi connectivity index (χ2v) is 7.26. The van der Waals surface area contributed by atoms with E-state index in [1.54, 1.807) is 0 Å². The number of methoxy groups -OCH3 is 1. The van der Waals surface area contributed by atoms with E-state index in [1.165, 1.54) is 17.9 Å². The molecule has 0 aromatic heterocycles. The van der Waals surface area contributed by atoms with E-state index in [9.17, 15) is 4.79 Å². The molecule has 0 atom stereocenters. The van der Waals surface area contributed by atoms with E-state index in [-0.39, 0.29) is 5.97 Å². The normalized spacial score (nSPS) is 10.8. The molecule has 152 valence electrons. The molecule has 0 heterocycles. The highest BCUT2D eigenvalue weighted by molar-refractivity contribution is 5.89. The van der Waals surface area contributed by atoms with Gasteiger partial charge in [-0.15, -0.1) is 0 Å². The standard InChI is InChI=1S/C25H29NO3/c1-3-4-7-14-29-25-22(15-18(16-23(25)26)10-13-24(27)28-2)21-12-11-19-8-5-6-9-20(19)17-21/h5-6,8-9,11-12,15-17H,3-4,7,10,13-14,26H2,1-2H3. The summed E-state index contributed by atoms with van der Waals surface area (Å²) in [6, 6.07) is 18.6. The third-order valence-corrected chi connectivity index (χ3v) is 5.08. The number of rotatable bonds is 9. The average Bonchev–Trinajstić information content (AvgIpc) is 2.75. The lowest BCUT2D eigenvalue weighted by Gasteiger charge is -2.17. The fourth-order valence-electron chi connectivity index (χ4n) is 3.46. The summed E-state index contributed by atoms with van der Waals surface area (Å²) in [4.78, 5) is 11.6. The molecule has 0 unspecified atom stereocenters. The molecule has 0 fully saturated rings. The minimum absolute atomic E-state index is 0.226. The molecular weight excluding hydrogens is 362 g/mol. The Labute approximate surface area is 172 Å². The van der Waals surface area contributed by atoms with Crippen LogP contribution in [0.15, 0.2) is 54.6 Å². The van der Waals surface area contributed by atoms with Crippen LogP contribution in [0.1, 0.15) is 38.2 Å². The van der Waals surface area contributed by atoms with Gasteiger partial charge in [-0.1, -0.05) is 56.2 Å². The van der Waals surface area contributed by atoms with E-state index >= 15 is 0 Å². The molecule has 0 saturated heterocycles. The van der Waals surface area contributed by atoms with Gasteiger partial charge in [0.15, 0.2) is 0 Å². The molecule has 3 rings (SSSR count). The molecule has 0 spiro atoms. The van der Waals surface area contributed by atoms with Crippen LogP contribution in [-0.4, -0.2) is 19.7 Å². The van der Waals surface area contributed by atoms with Crippen LogP contribution >= 0.6 is 0 Å². The number of anilines is 1. The zero-order valence-corrected chi connectivity index (χ0v) is 17.2. The van der Waals surface area contributed by atoms with Gasteiger partial charge in [-0.2, -0.15) is 0 Å². The summed E-state index contributed by atoms with van der Waals surface area (Å²) in [5.74, 6) is 0.494. The number of unbranched alkanes of at least 4 members (excludes halogenated alkanes) is 2. The highest BCUT2D eigenvalue weighted by Gasteiger charge is 2.14. The molecule has 2 N–H and O–H groups in total. The number of hydrogen-bond acceptors (Lipinski definition) is 4. The Hall–Kier alpha value is -3.01. The Morgan fingerprint density at radius 1 is 1.00 bits per heavy atom. The van der Waals surface area contributed by atoms with Gasteiger partial charge in [-0.3, -0.25) is 4.79 Å². The van der Waals surface area contributed by atoms with E-state index in [2.05, 4.69) is 43.3 Å². The van der Waals surface area contributed by atoms with Crippen molar-refractivity contribution in [1.29, 1.82) is 0 Å². The number of carbonyl (C=O) groups excluding carboxylic acids is 1. The van der Waals surface area contributed by atoms with Gasteiger partial charge in [0.05, 0.1) is 19.4 Å². The predicted octanol–water partition coefficient (Wildman–Crippen LogP) is 5.76. The molecular formula is C25H29NO3. The zero-order chi connectivity index (χ0) is 20.6. The largest absolute Gasteiger partial charge is 0.491 e. The maximum atomic E-state index is 11.6. The van der Waals surface area contributed by atoms with Crippen molar-refractivity contribution in [3.63, 3.8) is 0 Å². The van der Waals surface area contributed by atoms with Crippen molar-refractivity contribution in [3.8, 4) is 16.9 Å². The fraction of sp³-hybridized carbons (Fsp3) is 0.320. The number of benzene rings is 3. The molecule has 0 aliphatic carbocycles. The summed E-state index contributed by atoms with van der Waals surface area (Å²) in [7, 11) is 1.41. The third-order valence-electron chi connectivity index (χ3n) is 5.08. The van der Waals surface area contributed by atoms with Gasteiger partial charge in [-0.25, -0.2) is 0 Å². The topological polar surface area (TPSA) is 61.5 Å². The van der Waals surface area contributed by atoms with Gasteiger partial charge in [0, 0.05) is 12.0 Å². The second kappa shape index (κ2) is 9.97. The van der Waals surface area contributed by atoms with Crippen LogP contribution in [-0.2, 0) is 16.0 Å². The lowest BCUT2D eigenvalue weighted by molar-refractivity contribution is -0.140. The molecule has 0 aliphatic heterocycles. The fourth-order valence-corrected chi connectivity index (χ4v) is 3.46. The second-order valence-electron chi connectivity index (χ2n) is 7.26. The first-order chi connectivity index (χ1) is 14.1. The summed E-state index contributed by atoms with van der Waals surface area (Å²) < 4.78 is 10.9. The van der Waals surface area contributed by atoms with Gasteiger partial charge in [0.1, 0.15) is 5.75 Å². The molecule has 0 radical (unpaired) electrons. The minimum Gasteiger partial charge on any atom is -0.491 e. The smallest absolute Gasteiger partial charge is 0.305 e. The van der Waals surface area contributed by atoms with Crippen LogP contribution in [0.5, 0.6) is 5.75 Å². The third kappa shape index (κ3) is 5.29. The summed E-state index contributed by atoms with van der Waals surface area (Å²) in [6.45, 7) is 2.81. The maximum absolute atomic E-state index is 11.6. The highest BCUT2D eigenvalue weighted by atomic mass is 16.5. The van der Waals surface area contributed by atoms with Crippen molar-refractivity contribution >= 4 is 22.4 Å². The van der Waals surface area contributed by atoms with E-state index < -0.39 is 0 Å². The van der Waals surface area contributed by atoms with Crippen molar-refractivity contribution in [2.75, 3.05) is 19.5 Å². The van der Waals surface area contributed by atoms with Crippen molar-refractivity contribution in [2.24, 2.45) is 0 Å². The number of hydrogen-bond donors (Lipinski definition) is 1. The van der Waals surface area contributed by atoms with E-state index in [0.717, 1.165) is 41.7 Å². The Balaban J connectivity index is 1.98. The van der Waals surface area contributed by atoms with Crippen LogP contribution < -0.4 is 10.5 Å². The monoisotopic (exact) mass is 391 g/mol. The molecule has 3 aromatic rings. The molecule has 4 heteroatoms. The highest BCUT2D eigenvalue weighted by Crippen LogP contribution is 2.38. The Kier molecular flexibility index (Phi) is 7.12. The number of fused-ring (bicyclic) bond motifs is 1. The van der Waals surface area contributed by atoms with Gasteiger partial charge in [-0.05, 0) is 52.9 Å². The summed E-state index contributed by atoms with van der Waals surface area (Å²) in [5.41, 5.74) is 10.0. The summed E-state index contributed by atoms with van der Waals surface area (Å²) in [6.07, 6.45) is 4.17. The Bertz CT molecular complexity index is 981. The molecule has 29 heavy (non-hydrogen) atoms. The van der Waals surface area contributed by atoms with Crippen molar-refractivity contribution < 1.29 is 14.3 Å². The lowest BCUT2D eigenvalue weighted by Crippen LogP contribution is -2.05. The lowest BCUT2D eigenvalue weighted by atomic mass is 9.96. The van der Waals surface area contributed by atoms with Crippen LogP contribution in [0.3, 0.4) is 0 Å². The predicted molar refractivity (Wildman–Crippen MR) is 119 cm³/mol. The van der Waals surface area contributed by atoms with E-state index in [0.29, 0.717) is 25.1 Å². The first-order valence-corrected chi connectivity index (χ1v) is 10.2. The maximum Gasteiger partial charge on any atom is 0.305 e. The number of nitrogen functional groups attached to an aromatic ring is 1. The number of ether oxygens (including phenoxy) is 2. The average molecular weight is 392 g/mol. The van der Waals surface area contributed by atoms with Gasteiger partial charge in [0.25, 0.3) is 0 Å². The number of nitrogens with two attached hydrogens (primary N) is 1. The van der Waals surface area contributed by atoms with Gasteiger partial charge < -0.3 is 15.2 Å². The molecule has 3 aromatic carbocycles. The molecule has 0 bridgehead atoms. The Morgan fingerprint density at radius 2 is 1.79 bits per heavy atom. The first-order valence-electron chi connectivity index (χ1n) is 10.2. The Morgan fingerprint density at radius 3 is 2.55 bits per heavy atom. The SMILES string of the molecule is CCCCCOc1c(N)cc(CCC(=O)OC)cc1-c1ccc2ccccc2c1. The number of carbonyl (C=O) groups is 1. The summed E-state index contributed by atoms with van der Waals surface area (Å²) >= 11 is 0. The molecule has 4 nitrogen and oxygen atoms in total. The summed E-state index contributed by atoms with van der Waals surface area (Å²) in [5, 5.41) is 2.36. The quantitative estimate of drug-likeness (QED) is 0.286. The van der Waals surface area contributed by atoms with Crippen LogP contribution in [0.2, 0.25) is 0 Å². The zero-order valence-electron chi connectivity index (χ0n) is 17.2. The van der Waals surface area contributed by atoms with Crippen LogP contribution in [0.25, 0.3) is 21.9 Å². The van der Waals surface area contributed by atoms with E-state index in [1.807, 2.05) is 18.2 Å². The number of aryl methyl sites for hydroxylation is 1. The molecule has 0 aliphatic rings. The van der Waals surface area contributed by atoms with Crippen LogP contribution in [0, 0.1) is 0 Å². The number of esters is 1. The molecule has 0 saturated carbocycles.